The lowest BCUT2D eigenvalue weighted by molar-refractivity contribution is -0.169. The summed E-state index contributed by atoms with van der Waals surface area (Å²) in [6.45, 7) is 4.56. The van der Waals surface area contributed by atoms with E-state index in [9.17, 15) is 19.8 Å². The van der Waals surface area contributed by atoms with Crippen LogP contribution in [0, 0.1) is 0 Å². The molecule has 7 heteroatoms. The molecule has 1 saturated heterocycles. The molecule has 2 N–H and O–H groups in total. The molecule has 104 valence electrons. The minimum absolute atomic E-state index is 0.180. The van der Waals surface area contributed by atoms with Crippen LogP contribution in [0.5, 0.6) is 0 Å². The molecule has 0 aromatic rings. The number of hydrogen-bond donors (Lipinski definition) is 2. The number of methoxy groups -OCH3 is 1. The molecule has 0 unspecified atom stereocenters. The quantitative estimate of drug-likeness (QED) is 0.618. The number of esters is 1. The number of carbonyl (C=O) groups is 2. The molecule has 1 aliphatic heterocycles. The number of nitrogens with zero attached hydrogens (tertiary/aromatic N) is 1. The van der Waals surface area contributed by atoms with Crippen molar-refractivity contribution in [3.05, 3.63) is 0 Å². The van der Waals surface area contributed by atoms with Crippen LogP contribution < -0.4 is 0 Å². The monoisotopic (exact) mass is 261 g/mol. The Morgan fingerprint density at radius 3 is 2.39 bits per heavy atom. The number of aliphatic hydroxyl groups excluding tert-OH is 1. The summed E-state index contributed by atoms with van der Waals surface area (Å²) in [6.07, 6.45) is -2.08. The van der Waals surface area contributed by atoms with Gasteiger partial charge in [-0.05, 0) is 20.8 Å². The number of rotatable bonds is 1. The first-order valence-corrected chi connectivity index (χ1v) is 5.57. The summed E-state index contributed by atoms with van der Waals surface area (Å²) in [5, 5.41) is 19.6. The van der Waals surface area contributed by atoms with E-state index in [0.717, 1.165) is 12.0 Å². The Bertz CT molecular complexity index is 350. The Morgan fingerprint density at radius 1 is 1.39 bits per heavy atom. The van der Waals surface area contributed by atoms with Crippen molar-refractivity contribution >= 4 is 12.1 Å². The largest absolute Gasteiger partial charge is 0.467 e. The van der Waals surface area contributed by atoms with Gasteiger partial charge in [-0.15, -0.1) is 0 Å². The van der Waals surface area contributed by atoms with Gasteiger partial charge in [0.2, 0.25) is 5.60 Å². The Kier molecular flexibility index (Phi) is 3.87. The van der Waals surface area contributed by atoms with Gasteiger partial charge in [0, 0.05) is 0 Å². The third kappa shape index (κ3) is 2.91. The lowest BCUT2D eigenvalue weighted by atomic mass is 10.0. The fraction of sp³-hybridized carbons (Fsp3) is 0.818. The van der Waals surface area contributed by atoms with Crippen LogP contribution in [0.4, 0.5) is 4.79 Å². The second-order valence-corrected chi connectivity index (χ2v) is 5.29. The van der Waals surface area contributed by atoms with Crippen molar-refractivity contribution < 1.29 is 29.3 Å². The second-order valence-electron chi connectivity index (χ2n) is 5.29. The average Bonchev–Trinajstić information content (AvgIpc) is 2.53. The summed E-state index contributed by atoms with van der Waals surface area (Å²) < 4.78 is 9.50. The van der Waals surface area contributed by atoms with E-state index in [2.05, 4.69) is 4.74 Å². The van der Waals surface area contributed by atoms with Crippen molar-refractivity contribution in [1.29, 1.82) is 0 Å². The average molecular weight is 261 g/mol. The molecule has 0 aromatic carbocycles. The normalized spacial score (nSPS) is 28.1. The molecule has 1 fully saturated rings. The van der Waals surface area contributed by atoms with E-state index < -0.39 is 29.4 Å². The minimum Gasteiger partial charge on any atom is -0.467 e. The maximum Gasteiger partial charge on any atom is 0.410 e. The first-order chi connectivity index (χ1) is 8.10. The third-order valence-corrected chi connectivity index (χ3v) is 2.57. The zero-order valence-corrected chi connectivity index (χ0v) is 11.0. The summed E-state index contributed by atoms with van der Waals surface area (Å²) in [6, 6.07) is 0. The number of hydrogen-bond acceptors (Lipinski definition) is 6. The predicted octanol–water partition coefficient (Wildman–Crippen LogP) is -0.498. The van der Waals surface area contributed by atoms with Crippen LogP contribution in [-0.4, -0.2) is 64.7 Å². The van der Waals surface area contributed by atoms with Gasteiger partial charge < -0.3 is 24.6 Å². The van der Waals surface area contributed by atoms with Crippen LogP contribution in [0.25, 0.3) is 0 Å². The molecule has 0 aliphatic carbocycles. The number of β-amino-alcohol motifs (C(OH)–C–C–N with tert-alkyl or cyclic N) is 2. The molecule has 2 atom stereocenters. The van der Waals surface area contributed by atoms with E-state index in [1.165, 1.54) is 0 Å². The molecule has 1 heterocycles. The molecular formula is C11H19NO6. The van der Waals surface area contributed by atoms with Gasteiger partial charge in [-0.3, -0.25) is 0 Å². The molecule has 0 bridgehead atoms. The summed E-state index contributed by atoms with van der Waals surface area (Å²) in [5.41, 5.74) is -2.78. The minimum atomic E-state index is -2.09. The highest BCUT2D eigenvalue weighted by molar-refractivity contribution is 5.82. The number of carbonyl (C=O) groups excluding carboxylic acids is 2. The second kappa shape index (κ2) is 4.74. The molecular weight excluding hydrogens is 242 g/mol. The molecule has 18 heavy (non-hydrogen) atoms. The van der Waals surface area contributed by atoms with Gasteiger partial charge in [0.05, 0.1) is 20.2 Å². The van der Waals surface area contributed by atoms with E-state index in [-0.39, 0.29) is 13.1 Å². The SMILES string of the molecule is COC(=O)[C@@]1(O)CN(C(=O)OC(C)(C)C)C[C@@H]1O. The maximum absolute atomic E-state index is 11.7. The van der Waals surface area contributed by atoms with Crippen LogP contribution in [0.1, 0.15) is 20.8 Å². The zero-order valence-electron chi connectivity index (χ0n) is 11.0. The van der Waals surface area contributed by atoms with E-state index in [1.807, 2.05) is 0 Å². The summed E-state index contributed by atoms with van der Waals surface area (Å²) in [4.78, 5) is 24.2. The summed E-state index contributed by atoms with van der Waals surface area (Å²) >= 11 is 0. The highest BCUT2D eigenvalue weighted by Crippen LogP contribution is 2.25. The Morgan fingerprint density at radius 2 is 1.94 bits per heavy atom. The van der Waals surface area contributed by atoms with E-state index in [0.29, 0.717) is 0 Å². The van der Waals surface area contributed by atoms with E-state index in [4.69, 9.17) is 4.74 Å². The maximum atomic E-state index is 11.7. The summed E-state index contributed by atoms with van der Waals surface area (Å²) in [5.74, 6) is -0.971. The van der Waals surface area contributed by atoms with Gasteiger partial charge in [0.1, 0.15) is 11.7 Å². The standard InChI is InChI=1S/C11H19NO6/c1-10(2,3)18-9(15)12-5-7(13)11(16,6-12)8(14)17-4/h7,13,16H,5-6H2,1-4H3/t7-,11+/m0/s1. The molecule has 0 radical (unpaired) electrons. The lowest BCUT2D eigenvalue weighted by Gasteiger charge is -2.25. The Labute approximate surface area is 105 Å². The first kappa shape index (κ1) is 14.7. The van der Waals surface area contributed by atoms with Crippen molar-refractivity contribution in [1.82, 2.24) is 4.90 Å². The molecule has 1 aliphatic rings. The van der Waals surface area contributed by atoms with Crippen LogP contribution in [0.15, 0.2) is 0 Å². The number of likely N-dealkylation sites (tertiary alicyclic amines) is 1. The summed E-state index contributed by atoms with van der Waals surface area (Å²) in [7, 11) is 1.10. The van der Waals surface area contributed by atoms with Gasteiger partial charge >= 0.3 is 12.1 Å². The van der Waals surface area contributed by atoms with Gasteiger partial charge in [-0.25, -0.2) is 9.59 Å². The smallest absolute Gasteiger partial charge is 0.410 e. The third-order valence-electron chi connectivity index (χ3n) is 2.57. The molecule has 7 nitrogen and oxygen atoms in total. The Hall–Kier alpha value is -1.34. The van der Waals surface area contributed by atoms with Crippen molar-refractivity contribution in [2.45, 2.75) is 38.1 Å². The van der Waals surface area contributed by atoms with Crippen LogP contribution in [0.3, 0.4) is 0 Å². The van der Waals surface area contributed by atoms with Gasteiger partial charge in [0.25, 0.3) is 0 Å². The zero-order chi connectivity index (χ0) is 14.1. The lowest BCUT2D eigenvalue weighted by Crippen LogP contribution is -2.50. The van der Waals surface area contributed by atoms with Gasteiger partial charge in [-0.1, -0.05) is 0 Å². The molecule has 1 amide bonds. The van der Waals surface area contributed by atoms with Gasteiger partial charge in [-0.2, -0.15) is 0 Å². The van der Waals surface area contributed by atoms with Crippen molar-refractivity contribution in [3.63, 3.8) is 0 Å². The topological polar surface area (TPSA) is 96.3 Å². The van der Waals surface area contributed by atoms with E-state index >= 15 is 0 Å². The highest BCUT2D eigenvalue weighted by Gasteiger charge is 2.53. The fourth-order valence-corrected chi connectivity index (χ4v) is 1.66. The first-order valence-electron chi connectivity index (χ1n) is 5.57. The molecule has 0 aromatic heterocycles. The van der Waals surface area contributed by atoms with Crippen molar-refractivity contribution in [3.8, 4) is 0 Å². The number of ether oxygens (including phenoxy) is 2. The molecule has 1 rings (SSSR count). The van der Waals surface area contributed by atoms with Crippen LogP contribution >= 0.6 is 0 Å². The molecule has 0 spiro atoms. The van der Waals surface area contributed by atoms with E-state index in [1.54, 1.807) is 20.8 Å². The highest BCUT2D eigenvalue weighted by atomic mass is 16.6. The van der Waals surface area contributed by atoms with Crippen LogP contribution in [-0.2, 0) is 14.3 Å². The molecule has 0 saturated carbocycles. The van der Waals surface area contributed by atoms with Crippen molar-refractivity contribution in [2.24, 2.45) is 0 Å². The van der Waals surface area contributed by atoms with Gasteiger partial charge in [0.15, 0.2) is 0 Å². The number of amides is 1. The predicted molar refractivity (Wildman–Crippen MR) is 60.8 cm³/mol. The van der Waals surface area contributed by atoms with Crippen molar-refractivity contribution in [2.75, 3.05) is 20.2 Å². The Balaban J connectivity index is 2.75. The van der Waals surface area contributed by atoms with Crippen LogP contribution in [0.2, 0.25) is 0 Å². The fourth-order valence-electron chi connectivity index (χ4n) is 1.66. The number of aliphatic hydroxyl groups is 2.